The third-order valence-electron chi connectivity index (χ3n) is 6.64. The number of H-pyrrole nitrogens is 1. The highest BCUT2D eigenvalue weighted by atomic mass is 19.4. The van der Waals surface area contributed by atoms with E-state index < -0.39 is 12.7 Å². The monoisotopic (exact) mass is 501 g/mol. The molecule has 1 unspecified atom stereocenters. The molecule has 0 radical (unpaired) electrons. The van der Waals surface area contributed by atoms with Crippen LogP contribution in [-0.2, 0) is 6.54 Å². The van der Waals surface area contributed by atoms with Gasteiger partial charge in [-0.1, -0.05) is 29.5 Å². The Hall–Kier alpha value is -3.44. The molecule has 11 heteroatoms. The molecule has 4 N–H and O–H groups in total. The van der Waals surface area contributed by atoms with E-state index in [4.69, 9.17) is 16.0 Å². The molecule has 1 aliphatic heterocycles. The van der Waals surface area contributed by atoms with Gasteiger partial charge in [0.1, 0.15) is 5.75 Å². The number of halogens is 3. The summed E-state index contributed by atoms with van der Waals surface area (Å²) in [7, 11) is 1.63. The average molecular weight is 502 g/mol. The molecular weight excluding hydrogens is 471 g/mol. The van der Waals surface area contributed by atoms with E-state index >= 15 is 0 Å². The lowest BCUT2D eigenvalue weighted by Gasteiger charge is -2.33. The molecule has 3 aromatic rings. The Labute approximate surface area is 207 Å². The number of ether oxygens (including phenoxy) is 1. The van der Waals surface area contributed by atoms with Crippen LogP contribution >= 0.6 is 0 Å². The topological polar surface area (TPSA) is 106 Å². The van der Waals surface area contributed by atoms with Crippen LogP contribution in [0.15, 0.2) is 52.9 Å². The Morgan fingerprint density at radius 1 is 1.22 bits per heavy atom. The van der Waals surface area contributed by atoms with Gasteiger partial charge in [-0.3, -0.25) is 9.80 Å². The van der Waals surface area contributed by atoms with Crippen LogP contribution in [-0.4, -0.2) is 60.1 Å². The number of nitrogens with zero attached hydrogens (tertiary/aromatic N) is 4. The molecule has 0 spiro atoms. The number of methoxy groups -OCH3 is 1. The quantitative estimate of drug-likeness (QED) is 0.184. The molecule has 2 aromatic carbocycles. The summed E-state index contributed by atoms with van der Waals surface area (Å²) in [4.78, 5) is 6.98. The van der Waals surface area contributed by atoms with Gasteiger partial charge in [0.15, 0.2) is 5.84 Å². The number of amidine groups is 1. The van der Waals surface area contributed by atoms with Gasteiger partial charge in [0.25, 0.3) is 0 Å². The van der Waals surface area contributed by atoms with Gasteiger partial charge < -0.3 is 15.5 Å². The second-order valence-electron chi connectivity index (χ2n) is 9.04. The fourth-order valence-electron chi connectivity index (χ4n) is 4.98. The first kappa shape index (κ1) is 25.6. The Bertz CT molecular complexity index is 1240. The van der Waals surface area contributed by atoms with Gasteiger partial charge in [-0.05, 0) is 43.1 Å². The number of aromatic amines is 1. The number of benzene rings is 2. The van der Waals surface area contributed by atoms with Crippen molar-refractivity contribution in [2.45, 2.75) is 32.1 Å². The molecule has 2 heterocycles. The molecule has 0 bridgehead atoms. The molecule has 1 aliphatic rings. The zero-order chi connectivity index (χ0) is 25.9. The zero-order valence-electron chi connectivity index (χ0n) is 20.3. The third-order valence-corrected chi connectivity index (χ3v) is 6.64. The molecule has 1 saturated heterocycles. The maximum atomic E-state index is 13.3. The van der Waals surface area contributed by atoms with Crippen LogP contribution in [0.4, 0.5) is 13.2 Å². The van der Waals surface area contributed by atoms with Crippen molar-refractivity contribution >= 4 is 16.7 Å². The Kier molecular flexibility index (Phi) is 7.60. The molecular formula is C25H30F3N7O. The second-order valence-corrected chi connectivity index (χ2v) is 9.04. The number of aryl methyl sites for hydroxylation is 1. The molecule has 1 atom stereocenters. The van der Waals surface area contributed by atoms with Crippen molar-refractivity contribution in [2.75, 3.05) is 33.3 Å². The Morgan fingerprint density at radius 3 is 2.64 bits per heavy atom. The van der Waals surface area contributed by atoms with Crippen molar-refractivity contribution < 1.29 is 17.9 Å². The zero-order valence-corrected chi connectivity index (χ0v) is 20.3. The van der Waals surface area contributed by atoms with E-state index in [1.807, 2.05) is 37.4 Å². The molecule has 4 rings (SSSR count). The highest BCUT2D eigenvalue weighted by molar-refractivity contribution is 5.97. The number of hydrogen-bond acceptors (Lipinski definition) is 5. The van der Waals surface area contributed by atoms with E-state index in [1.54, 1.807) is 19.2 Å². The predicted molar refractivity (Wildman–Crippen MR) is 132 cm³/mol. The minimum atomic E-state index is -4.27. The van der Waals surface area contributed by atoms with Gasteiger partial charge in [0, 0.05) is 53.9 Å². The van der Waals surface area contributed by atoms with E-state index in [-0.39, 0.29) is 18.4 Å². The van der Waals surface area contributed by atoms with Crippen molar-refractivity contribution in [3.8, 4) is 5.75 Å². The minimum Gasteiger partial charge on any atom is -0.496 e. The van der Waals surface area contributed by atoms with Crippen LogP contribution in [0.3, 0.4) is 0 Å². The number of rotatable bonds is 7. The average Bonchev–Trinajstić information content (AvgIpc) is 3.25. The summed E-state index contributed by atoms with van der Waals surface area (Å²) < 4.78 is 45.6. The van der Waals surface area contributed by atoms with E-state index in [9.17, 15) is 13.2 Å². The van der Waals surface area contributed by atoms with E-state index in [2.05, 4.69) is 20.2 Å². The summed E-state index contributed by atoms with van der Waals surface area (Å²) in [6.07, 6.45) is -1.77. The molecule has 0 aliphatic carbocycles. The van der Waals surface area contributed by atoms with Gasteiger partial charge in [-0.2, -0.15) is 18.7 Å². The van der Waals surface area contributed by atoms with Crippen molar-refractivity contribution in [3.05, 3.63) is 64.8 Å². The summed E-state index contributed by atoms with van der Waals surface area (Å²) in [6.45, 7) is 2.81. The van der Waals surface area contributed by atoms with Gasteiger partial charge in [0.05, 0.1) is 13.7 Å². The maximum Gasteiger partial charge on any atom is 0.401 e. The van der Waals surface area contributed by atoms with E-state index in [0.717, 1.165) is 33.3 Å². The van der Waals surface area contributed by atoms with Crippen LogP contribution in [0.25, 0.3) is 10.9 Å². The number of nitrogens with one attached hydrogen (secondary N) is 2. The first-order chi connectivity index (χ1) is 17.2. The molecule has 0 saturated carbocycles. The summed E-state index contributed by atoms with van der Waals surface area (Å²) in [5.41, 5.74) is 17.3. The second kappa shape index (κ2) is 10.7. The molecule has 8 nitrogen and oxygen atoms in total. The SMILES string of the molecule is COc1cc(C)c2[nH]ccc2c1CN1CCCN(CC(F)(F)F)CC1c1ccc(C(N)=NN=N)cc1. The predicted octanol–water partition coefficient (Wildman–Crippen LogP) is 4.95. The van der Waals surface area contributed by atoms with Crippen LogP contribution in [0, 0.1) is 12.5 Å². The van der Waals surface area contributed by atoms with Crippen molar-refractivity contribution in [1.29, 1.82) is 5.53 Å². The maximum absolute atomic E-state index is 13.3. The van der Waals surface area contributed by atoms with Crippen molar-refractivity contribution in [1.82, 2.24) is 14.8 Å². The highest BCUT2D eigenvalue weighted by Crippen LogP contribution is 2.35. The first-order valence-corrected chi connectivity index (χ1v) is 11.7. The number of aromatic nitrogens is 1. The van der Waals surface area contributed by atoms with Gasteiger partial charge >= 0.3 is 6.18 Å². The van der Waals surface area contributed by atoms with Crippen LogP contribution in [0.5, 0.6) is 5.75 Å². The first-order valence-electron chi connectivity index (χ1n) is 11.7. The normalized spacial score (nSPS) is 18.4. The molecule has 1 aromatic heterocycles. The standard InChI is InChI=1S/C25H30F3N7O/c1-16-12-22(36-2)20(19-8-9-31-23(16)19)13-35-11-3-10-34(15-25(26,27)28)14-21(35)17-4-6-18(7-5-17)24(29)32-33-30/h4-9,12,21,31H,3,10-11,13-15H2,1-2H3,(H3,29,30,32). The summed E-state index contributed by atoms with van der Waals surface area (Å²) >= 11 is 0. The lowest BCUT2D eigenvalue weighted by molar-refractivity contribution is -0.146. The minimum absolute atomic E-state index is 0.104. The van der Waals surface area contributed by atoms with Crippen molar-refractivity contribution in [3.63, 3.8) is 0 Å². The number of fused-ring (bicyclic) bond motifs is 1. The summed E-state index contributed by atoms with van der Waals surface area (Å²) in [5.74, 6) is 0.862. The largest absolute Gasteiger partial charge is 0.496 e. The number of alkyl halides is 3. The number of hydrogen-bond donors (Lipinski definition) is 3. The third kappa shape index (κ3) is 5.68. The molecule has 1 fully saturated rings. The smallest absolute Gasteiger partial charge is 0.401 e. The molecule has 192 valence electrons. The lowest BCUT2D eigenvalue weighted by Crippen LogP contribution is -2.39. The summed E-state index contributed by atoms with van der Waals surface area (Å²) in [5, 5.41) is 7.55. The fourth-order valence-corrected chi connectivity index (χ4v) is 4.98. The van der Waals surface area contributed by atoms with Gasteiger partial charge in [-0.25, -0.2) is 0 Å². The fraction of sp³-hybridized carbons (Fsp3) is 0.400. The van der Waals surface area contributed by atoms with E-state index in [1.165, 1.54) is 4.90 Å². The van der Waals surface area contributed by atoms with Gasteiger partial charge in [0.2, 0.25) is 0 Å². The van der Waals surface area contributed by atoms with E-state index in [0.29, 0.717) is 31.6 Å². The highest BCUT2D eigenvalue weighted by Gasteiger charge is 2.35. The lowest BCUT2D eigenvalue weighted by atomic mass is 10.00. The Morgan fingerprint density at radius 2 is 1.97 bits per heavy atom. The van der Waals surface area contributed by atoms with Crippen molar-refractivity contribution in [2.24, 2.45) is 16.1 Å². The number of nitrogens with two attached hydrogens (primary N) is 1. The Balaban J connectivity index is 1.72. The molecule has 0 amide bonds. The molecule has 36 heavy (non-hydrogen) atoms. The van der Waals surface area contributed by atoms with Crippen LogP contribution in [0.2, 0.25) is 0 Å². The van der Waals surface area contributed by atoms with Gasteiger partial charge in [-0.15, -0.1) is 5.10 Å². The van der Waals surface area contributed by atoms with Crippen LogP contribution < -0.4 is 10.5 Å². The van der Waals surface area contributed by atoms with Crippen LogP contribution in [0.1, 0.15) is 34.7 Å². The summed E-state index contributed by atoms with van der Waals surface area (Å²) in [6, 6.07) is 10.9.